The monoisotopic (exact) mass is 170 g/mol. The lowest BCUT2D eigenvalue weighted by molar-refractivity contribution is 1.44. The van der Waals surface area contributed by atoms with E-state index in [0.717, 1.165) is 10.2 Å². The Bertz CT molecular complexity index is 357. The number of hydrogen-bond acceptors (Lipinski definition) is 3. The second-order valence-corrected chi connectivity index (χ2v) is 3.02. The fraction of sp³-hybridized carbons (Fsp3) is 0. The molecule has 0 N–H and O–H groups in total. The largest absolute Gasteiger partial charge is 0.224 e. The van der Waals surface area contributed by atoms with Crippen molar-refractivity contribution in [3.8, 4) is 0 Å². The third-order valence-electron chi connectivity index (χ3n) is 1.19. The number of hydrogen-bond donors (Lipinski definition) is 0. The van der Waals surface area contributed by atoms with Crippen LogP contribution < -0.4 is 0 Å². The van der Waals surface area contributed by atoms with Crippen molar-refractivity contribution in [1.82, 2.24) is 9.36 Å². The van der Waals surface area contributed by atoms with Crippen LogP contribution in [0.1, 0.15) is 0 Å². The van der Waals surface area contributed by atoms with Gasteiger partial charge < -0.3 is 0 Å². The first kappa shape index (κ1) is 6.07. The first-order valence-electron chi connectivity index (χ1n) is 2.73. The third kappa shape index (κ3) is 0.874. The zero-order valence-corrected chi connectivity index (χ0v) is 6.49. The highest BCUT2D eigenvalue weighted by molar-refractivity contribution is 7.12. The van der Waals surface area contributed by atoms with Crippen molar-refractivity contribution in [3.05, 3.63) is 23.5 Å². The van der Waals surface area contributed by atoms with Gasteiger partial charge in [-0.2, -0.15) is 4.37 Å². The smallest absolute Gasteiger partial charge is 0.145 e. The Labute approximate surface area is 66.6 Å². The summed E-state index contributed by atoms with van der Waals surface area (Å²) in [6.07, 6.45) is 1.78. The Morgan fingerprint density at radius 2 is 2.30 bits per heavy atom. The second kappa shape index (κ2) is 2.18. The van der Waals surface area contributed by atoms with Gasteiger partial charge in [0.2, 0.25) is 0 Å². The molecule has 0 saturated heterocycles. The van der Waals surface area contributed by atoms with E-state index >= 15 is 0 Å². The molecule has 0 spiro atoms. The van der Waals surface area contributed by atoms with Crippen molar-refractivity contribution in [2.45, 2.75) is 0 Å². The van der Waals surface area contributed by atoms with Gasteiger partial charge in [0.15, 0.2) is 0 Å². The number of fused-ring (bicyclic) bond motifs is 1. The highest BCUT2D eigenvalue weighted by Gasteiger charge is 1.96. The minimum Gasteiger partial charge on any atom is -0.224 e. The van der Waals surface area contributed by atoms with Crippen molar-refractivity contribution in [2.75, 3.05) is 0 Å². The van der Waals surface area contributed by atoms with Gasteiger partial charge in [-0.3, -0.25) is 0 Å². The summed E-state index contributed by atoms with van der Waals surface area (Å²) in [5.74, 6) is 0. The summed E-state index contributed by atoms with van der Waals surface area (Å²) in [4.78, 5) is 4.95. The molecule has 2 rings (SSSR count). The molecule has 0 atom stereocenters. The minimum atomic E-state index is 0.525. The number of rotatable bonds is 0. The summed E-state index contributed by atoms with van der Waals surface area (Å²) >= 11 is 7.00. The summed E-state index contributed by atoms with van der Waals surface area (Å²) in [7, 11) is 0. The van der Waals surface area contributed by atoms with Crippen molar-refractivity contribution in [3.63, 3.8) is 0 Å². The van der Waals surface area contributed by atoms with Crippen molar-refractivity contribution >= 4 is 33.4 Å². The van der Waals surface area contributed by atoms with Gasteiger partial charge in [0.1, 0.15) is 9.98 Å². The van der Waals surface area contributed by atoms with Crippen molar-refractivity contribution < 1.29 is 0 Å². The molecular formula is C6H3ClN2S. The van der Waals surface area contributed by atoms with E-state index in [4.69, 9.17) is 11.6 Å². The van der Waals surface area contributed by atoms with E-state index in [1.54, 1.807) is 12.3 Å². The molecule has 0 fully saturated rings. The van der Waals surface area contributed by atoms with Crippen LogP contribution in [0.5, 0.6) is 0 Å². The highest BCUT2D eigenvalue weighted by atomic mass is 35.5. The van der Waals surface area contributed by atoms with Gasteiger partial charge in [-0.1, -0.05) is 11.6 Å². The minimum absolute atomic E-state index is 0.525. The van der Waals surface area contributed by atoms with E-state index < -0.39 is 0 Å². The van der Waals surface area contributed by atoms with Crippen LogP contribution in [0.2, 0.25) is 5.15 Å². The molecule has 0 aromatic carbocycles. The van der Waals surface area contributed by atoms with Crippen LogP contribution in [0.3, 0.4) is 0 Å². The maximum Gasteiger partial charge on any atom is 0.145 e. The molecule has 0 aliphatic heterocycles. The molecule has 2 nitrogen and oxygen atoms in total. The van der Waals surface area contributed by atoms with E-state index in [2.05, 4.69) is 9.36 Å². The summed E-state index contributed by atoms with van der Waals surface area (Å²) in [6, 6.07) is 3.67. The van der Waals surface area contributed by atoms with Gasteiger partial charge in [0.05, 0.1) is 6.20 Å². The molecule has 10 heavy (non-hydrogen) atoms. The molecule has 50 valence electrons. The quantitative estimate of drug-likeness (QED) is 0.568. The fourth-order valence-corrected chi connectivity index (χ4v) is 1.56. The predicted molar refractivity (Wildman–Crippen MR) is 42.4 cm³/mol. The van der Waals surface area contributed by atoms with Gasteiger partial charge in [-0.25, -0.2) is 4.98 Å². The lowest BCUT2D eigenvalue weighted by Gasteiger charge is -1.85. The predicted octanol–water partition coefficient (Wildman–Crippen LogP) is 2.34. The van der Waals surface area contributed by atoms with Crippen LogP contribution in [0, 0.1) is 0 Å². The van der Waals surface area contributed by atoms with Crippen LogP contribution in [0.25, 0.3) is 10.2 Å². The maximum absolute atomic E-state index is 5.64. The summed E-state index contributed by atoms with van der Waals surface area (Å²) in [6.45, 7) is 0. The van der Waals surface area contributed by atoms with Crippen molar-refractivity contribution in [2.24, 2.45) is 0 Å². The molecule has 0 aliphatic carbocycles. The number of aromatic nitrogens is 2. The second-order valence-electron chi connectivity index (χ2n) is 1.85. The summed E-state index contributed by atoms with van der Waals surface area (Å²) < 4.78 is 3.96. The molecule has 0 radical (unpaired) electrons. The van der Waals surface area contributed by atoms with Crippen LogP contribution in [0.4, 0.5) is 0 Å². The normalized spacial score (nSPS) is 10.5. The average Bonchev–Trinajstić information content (AvgIpc) is 2.33. The third-order valence-corrected chi connectivity index (χ3v) is 2.11. The fourth-order valence-electron chi connectivity index (χ4n) is 0.733. The van der Waals surface area contributed by atoms with Crippen LogP contribution in [-0.2, 0) is 0 Å². The Kier molecular flexibility index (Phi) is 1.32. The standard InChI is InChI=1S/C6H3ClN2S/c7-5-2-1-4-3-8-10-6(4)9-5/h1-3H. The Balaban J connectivity index is 2.86. The first-order chi connectivity index (χ1) is 4.86. The van der Waals surface area contributed by atoms with Crippen molar-refractivity contribution in [1.29, 1.82) is 0 Å². The Morgan fingerprint density at radius 3 is 3.20 bits per heavy atom. The van der Waals surface area contributed by atoms with Gasteiger partial charge in [-0.05, 0) is 23.7 Å². The molecule has 0 saturated carbocycles. The van der Waals surface area contributed by atoms with E-state index in [0.29, 0.717) is 5.15 Å². The van der Waals surface area contributed by atoms with Crippen LogP contribution >= 0.6 is 23.1 Å². The highest BCUT2D eigenvalue weighted by Crippen LogP contribution is 2.17. The molecule has 0 amide bonds. The van der Waals surface area contributed by atoms with E-state index in [-0.39, 0.29) is 0 Å². The molecule has 0 unspecified atom stereocenters. The van der Waals surface area contributed by atoms with E-state index in [1.165, 1.54) is 11.5 Å². The lowest BCUT2D eigenvalue weighted by Crippen LogP contribution is -1.70. The molecular weight excluding hydrogens is 168 g/mol. The first-order valence-corrected chi connectivity index (χ1v) is 3.88. The zero-order chi connectivity index (χ0) is 6.97. The topological polar surface area (TPSA) is 25.8 Å². The molecule has 2 heterocycles. The van der Waals surface area contributed by atoms with Crippen LogP contribution in [0.15, 0.2) is 18.3 Å². The van der Waals surface area contributed by atoms with E-state index in [1.807, 2.05) is 6.07 Å². The number of pyridine rings is 1. The number of nitrogens with zero attached hydrogens (tertiary/aromatic N) is 2. The Hall–Kier alpha value is -0.670. The molecule has 0 aliphatic rings. The molecule has 0 bridgehead atoms. The SMILES string of the molecule is Clc1ccc2cnsc2n1. The maximum atomic E-state index is 5.64. The van der Waals surface area contributed by atoms with Gasteiger partial charge in [-0.15, -0.1) is 0 Å². The molecule has 4 heteroatoms. The van der Waals surface area contributed by atoms with Gasteiger partial charge >= 0.3 is 0 Å². The van der Waals surface area contributed by atoms with E-state index in [9.17, 15) is 0 Å². The molecule has 2 aromatic heterocycles. The van der Waals surface area contributed by atoms with Crippen LogP contribution in [-0.4, -0.2) is 9.36 Å². The molecule has 2 aromatic rings. The summed E-state index contributed by atoms with van der Waals surface area (Å²) in [5, 5.41) is 1.58. The zero-order valence-electron chi connectivity index (χ0n) is 4.91. The van der Waals surface area contributed by atoms with Gasteiger partial charge in [0.25, 0.3) is 0 Å². The van der Waals surface area contributed by atoms with Gasteiger partial charge in [0, 0.05) is 5.39 Å². The Morgan fingerprint density at radius 1 is 1.40 bits per heavy atom. The summed E-state index contributed by atoms with van der Waals surface area (Å²) in [5.41, 5.74) is 0. The average molecular weight is 171 g/mol. The number of halogens is 1. The lowest BCUT2D eigenvalue weighted by atomic mass is 10.4.